The van der Waals surface area contributed by atoms with Gasteiger partial charge in [-0.25, -0.2) is 9.97 Å². The first-order valence-electron chi connectivity index (χ1n) is 6.65. The highest BCUT2D eigenvalue weighted by Crippen LogP contribution is 2.13. The number of likely N-dealkylation sites (tertiary alicyclic amines) is 1. The second-order valence-electron chi connectivity index (χ2n) is 4.64. The molecule has 0 aliphatic carbocycles. The molecule has 1 atom stereocenters. The predicted octanol–water partition coefficient (Wildman–Crippen LogP) is 2.29. The number of rotatable bonds is 7. The quantitative estimate of drug-likeness (QED) is 0.693. The van der Waals surface area contributed by atoms with Crippen LogP contribution in [0, 0.1) is 0 Å². The molecule has 1 fully saturated rings. The summed E-state index contributed by atoms with van der Waals surface area (Å²) in [4.78, 5) is 10.7. The molecule has 1 aromatic heterocycles. The van der Waals surface area contributed by atoms with Crippen molar-refractivity contribution in [2.75, 3.05) is 19.6 Å². The first kappa shape index (κ1) is 13.0. The van der Waals surface area contributed by atoms with E-state index in [1.165, 1.54) is 25.9 Å². The Morgan fingerprint density at radius 3 is 2.72 bits per heavy atom. The smallest absolute Gasteiger partial charge is 0.316 e. The van der Waals surface area contributed by atoms with Gasteiger partial charge in [-0.3, -0.25) is 4.90 Å². The number of hydrogen-bond donors (Lipinski definition) is 0. The molecular formula is C14H21N3O. The molecule has 1 saturated heterocycles. The first-order chi connectivity index (χ1) is 8.88. The van der Waals surface area contributed by atoms with E-state index in [1.54, 1.807) is 18.5 Å². The Kier molecular flexibility index (Phi) is 5.15. The summed E-state index contributed by atoms with van der Waals surface area (Å²) < 4.78 is 5.87. The van der Waals surface area contributed by atoms with Crippen molar-refractivity contribution in [3.05, 3.63) is 31.1 Å². The summed E-state index contributed by atoms with van der Waals surface area (Å²) in [6.07, 6.45) is 10.1. The van der Waals surface area contributed by atoms with Gasteiger partial charge in [-0.2, -0.15) is 0 Å². The second kappa shape index (κ2) is 7.11. The van der Waals surface area contributed by atoms with Gasteiger partial charge in [-0.15, -0.1) is 6.58 Å². The summed E-state index contributed by atoms with van der Waals surface area (Å²) >= 11 is 0. The number of ether oxygens (including phenoxy) is 1. The molecule has 0 saturated carbocycles. The molecule has 1 aliphatic heterocycles. The minimum absolute atomic E-state index is 0.156. The minimum atomic E-state index is 0.156. The van der Waals surface area contributed by atoms with Gasteiger partial charge in [0.15, 0.2) is 0 Å². The average molecular weight is 247 g/mol. The SMILES string of the molecule is C=CCCC(CN1CCCC1)Oc1ncccn1. The van der Waals surface area contributed by atoms with Gasteiger partial charge in [0.1, 0.15) is 6.10 Å². The molecule has 4 nitrogen and oxygen atoms in total. The van der Waals surface area contributed by atoms with E-state index < -0.39 is 0 Å². The maximum atomic E-state index is 5.87. The molecule has 0 aromatic carbocycles. The van der Waals surface area contributed by atoms with Crippen LogP contribution in [0.5, 0.6) is 6.01 Å². The van der Waals surface area contributed by atoms with E-state index in [9.17, 15) is 0 Å². The van der Waals surface area contributed by atoms with E-state index in [0.29, 0.717) is 6.01 Å². The third kappa shape index (κ3) is 4.11. The van der Waals surface area contributed by atoms with Gasteiger partial charge in [-0.05, 0) is 44.8 Å². The van der Waals surface area contributed by atoms with E-state index in [2.05, 4.69) is 21.4 Å². The summed E-state index contributed by atoms with van der Waals surface area (Å²) in [5.74, 6) is 0. The van der Waals surface area contributed by atoms with Crippen LogP contribution in [0.3, 0.4) is 0 Å². The molecule has 1 unspecified atom stereocenters. The summed E-state index contributed by atoms with van der Waals surface area (Å²) in [5, 5.41) is 0. The lowest BCUT2D eigenvalue weighted by Gasteiger charge is -2.23. The van der Waals surface area contributed by atoms with Crippen molar-refractivity contribution < 1.29 is 4.74 Å². The zero-order chi connectivity index (χ0) is 12.6. The Balaban J connectivity index is 1.89. The number of allylic oxidation sites excluding steroid dienone is 1. The fourth-order valence-corrected chi connectivity index (χ4v) is 2.24. The van der Waals surface area contributed by atoms with Gasteiger partial charge in [0.05, 0.1) is 0 Å². The molecule has 2 heterocycles. The normalized spacial score (nSPS) is 17.6. The Morgan fingerprint density at radius 1 is 1.33 bits per heavy atom. The van der Waals surface area contributed by atoms with Crippen molar-refractivity contribution in [3.8, 4) is 6.01 Å². The van der Waals surface area contributed by atoms with Crippen LogP contribution in [-0.4, -0.2) is 40.6 Å². The van der Waals surface area contributed by atoms with Gasteiger partial charge in [0, 0.05) is 18.9 Å². The largest absolute Gasteiger partial charge is 0.459 e. The molecule has 1 aliphatic rings. The Morgan fingerprint density at radius 2 is 2.06 bits per heavy atom. The van der Waals surface area contributed by atoms with E-state index in [4.69, 9.17) is 4.74 Å². The van der Waals surface area contributed by atoms with E-state index in [-0.39, 0.29) is 6.10 Å². The molecule has 2 rings (SSSR count). The lowest BCUT2D eigenvalue weighted by molar-refractivity contribution is 0.129. The van der Waals surface area contributed by atoms with Crippen LogP contribution in [-0.2, 0) is 0 Å². The van der Waals surface area contributed by atoms with Crippen LogP contribution in [0.2, 0.25) is 0 Å². The maximum absolute atomic E-state index is 5.87. The Hall–Kier alpha value is -1.42. The molecule has 1 aromatic rings. The lowest BCUT2D eigenvalue weighted by Crippen LogP contribution is -2.34. The van der Waals surface area contributed by atoms with Crippen molar-refractivity contribution in [2.24, 2.45) is 0 Å². The van der Waals surface area contributed by atoms with Gasteiger partial charge in [0.25, 0.3) is 0 Å². The number of nitrogens with zero attached hydrogens (tertiary/aromatic N) is 3. The minimum Gasteiger partial charge on any atom is -0.459 e. The Labute approximate surface area is 109 Å². The topological polar surface area (TPSA) is 38.2 Å². The van der Waals surface area contributed by atoms with Crippen molar-refractivity contribution in [2.45, 2.75) is 31.8 Å². The Bertz CT molecular complexity index is 349. The van der Waals surface area contributed by atoms with Gasteiger partial charge >= 0.3 is 6.01 Å². The van der Waals surface area contributed by atoms with Crippen LogP contribution in [0.1, 0.15) is 25.7 Å². The highest BCUT2D eigenvalue weighted by atomic mass is 16.5. The standard InChI is InChI=1S/C14H21N3O/c1-2-3-7-13(12-17-10-4-5-11-17)18-14-15-8-6-9-16-14/h2,6,8-9,13H,1,3-5,7,10-12H2. The molecule has 0 bridgehead atoms. The lowest BCUT2D eigenvalue weighted by atomic mass is 10.2. The molecule has 0 amide bonds. The molecule has 0 spiro atoms. The van der Waals surface area contributed by atoms with Crippen molar-refractivity contribution >= 4 is 0 Å². The van der Waals surface area contributed by atoms with Crippen LogP contribution in [0.4, 0.5) is 0 Å². The molecular weight excluding hydrogens is 226 g/mol. The summed E-state index contributed by atoms with van der Waals surface area (Å²) in [7, 11) is 0. The van der Waals surface area contributed by atoms with Gasteiger partial charge < -0.3 is 4.74 Å². The van der Waals surface area contributed by atoms with Crippen molar-refractivity contribution in [1.82, 2.24) is 14.9 Å². The van der Waals surface area contributed by atoms with Gasteiger partial charge in [0.2, 0.25) is 0 Å². The second-order valence-corrected chi connectivity index (χ2v) is 4.64. The molecule has 98 valence electrons. The molecule has 0 radical (unpaired) electrons. The zero-order valence-electron chi connectivity index (χ0n) is 10.8. The van der Waals surface area contributed by atoms with E-state index in [1.807, 2.05) is 6.08 Å². The molecule has 18 heavy (non-hydrogen) atoms. The number of aromatic nitrogens is 2. The van der Waals surface area contributed by atoms with Crippen molar-refractivity contribution in [1.29, 1.82) is 0 Å². The monoisotopic (exact) mass is 247 g/mol. The van der Waals surface area contributed by atoms with Crippen LogP contribution in [0.25, 0.3) is 0 Å². The third-order valence-electron chi connectivity index (χ3n) is 3.17. The molecule has 4 heteroatoms. The number of hydrogen-bond acceptors (Lipinski definition) is 4. The fourth-order valence-electron chi connectivity index (χ4n) is 2.24. The first-order valence-corrected chi connectivity index (χ1v) is 6.65. The summed E-state index contributed by atoms with van der Waals surface area (Å²) in [6.45, 7) is 7.10. The van der Waals surface area contributed by atoms with Gasteiger partial charge in [-0.1, -0.05) is 6.08 Å². The van der Waals surface area contributed by atoms with E-state index >= 15 is 0 Å². The fraction of sp³-hybridized carbons (Fsp3) is 0.571. The van der Waals surface area contributed by atoms with E-state index in [0.717, 1.165) is 19.4 Å². The highest BCUT2D eigenvalue weighted by molar-refractivity contribution is 4.95. The molecule has 0 N–H and O–H groups in total. The maximum Gasteiger partial charge on any atom is 0.316 e. The highest BCUT2D eigenvalue weighted by Gasteiger charge is 2.19. The average Bonchev–Trinajstić information content (AvgIpc) is 2.90. The van der Waals surface area contributed by atoms with Crippen LogP contribution in [0.15, 0.2) is 31.1 Å². The predicted molar refractivity (Wildman–Crippen MR) is 71.6 cm³/mol. The zero-order valence-corrected chi connectivity index (χ0v) is 10.8. The summed E-state index contributed by atoms with van der Waals surface area (Å²) in [5.41, 5.74) is 0. The third-order valence-corrected chi connectivity index (χ3v) is 3.17. The van der Waals surface area contributed by atoms with Crippen LogP contribution < -0.4 is 4.74 Å². The van der Waals surface area contributed by atoms with Crippen LogP contribution >= 0.6 is 0 Å². The van der Waals surface area contributed by atoms with Crippen molar-refractivity contribution in [3.63, 3.8) is 0 Å². The summed E-state index contributed by atoms with van der Waals surface area (Å²) in [6, 6.07) is 2.28.